The second-order valence-electron chi connectivity index (χ2n) is 3.79. The average molecular weight is 268 g/mol. The summed E-state index contributed by atoms with van der Waals surface area (Å²) in [7, 11) is 0. The number of aromatic nitrogens is 2. The summed E-state index contributed by atoms with van der Waals surface area (Å²) < 4.78 is 0. The first-order valence-corrected chi connectivity index (χ1v) is 6.69. The Labute approximate surface area is 110 Å². The number of hydrogen-bond acceptors (Lipinski definition) is 4. The largest absolute Gasteiger partial charge is 0.369 e. The fourth-order valence-corrected chi connectivity index (χ4v) is 2.45. The number of rotatable bonds is 4. The van der Waals surface area contributed by atoms with E-state index in [0.29, 0.717) is 11.0 Å². The molecule has 0 aliphatic carbocycles. The minimum atomic E-state index is 0.524. The highest BCUT2D eigenvalue weighted by Crippen LogP contribution is 2.19. The molecule has 17 heavy (non-hydrogen) atoms. The molecule has 3 nitrogen and oxygen atoms in total. The number of nitrogens with one attached hydrogen (secondary N) is 1. The third-order valence-corrected chi connectivity index (χ3v) is 3.75. The second-order valence-corrected chi connectivity index (χ2v) is 5.18. The summed E-state index contributed by atoms with van der Waals surface area (Å²) in [6.45, 7) is 4.62. The van der Waals surface area contributed by atoms with E-state index in [4.69, 9.17) is 11.6 Å². The van der Waals surface area contributed by atoms with Gasteiger partial charge in [-0.15, -0.1) is 11.3 Å². The van der Waals surface area contributed by atoms with Gasteiger partial charge in [0.1, 0.15) is 16.8 Å². The molecule has 0 unspecified atom stereocenters. The Morgan fingerprint density at radius 1 is 1.35 bits per heavy atom. The summed E-state index contributed by atoms with van der Waals surface area (Å²) >= 11 is 7.78. The Hall–Kier alpha value is -1.13. The van der Waals surface area contributed by atoms with E-state index in [-0.39, 0.29) is 0 Å². The van der Waals surface area contributed by atoms with Crippen LogP contribution < -0.4 is 5.32 Å². The van der Waals surface area contributed by atoms with Crippen molar-refractivity contribution in [3.63, 3.8) is 0 Å². The van der Waals surface area contributed by atoms with E-state index >= 15 is 0 Å². The van der Waals surface area contributed by atoms with Crippen molar-refractivity contribution < 1.29 is 0 Å². The van der Waals surface area contributed by atoms with Crippen LogP contribution in [0.4, 0.5) is 5.82 Å². The zero-order valence-electron chi connectivity index (χ0n) is 9.83. The normalized spacial score (nSPS) is 10.5. The molecule has 0 saturated heterocycles. The summed E-state index contributed by atoms with van der Waals surface area (Å²) in [4.78, 5) is 9.82. The van der Waals surface area contributed by atoms with Gasteiger partial charge in [0.05, 0.1) is 0 Å². The standard InChI is InChI=1S/C12H14ClN3S/c1-8-11(13)15-9(2)16-12(8)14-6-5-10-4-3-7-17-10/h3-4,7H,5-6H2,1-2H3,(H,14,15,16). The van der Waals surface area contributed by atoms with Crippen molar-refractivity contribution in [2.45, 2.75) is 20.3 Å². The molecule has 0 radical (unpaired) electrons. The van der Waals surface area contributed by atoms with Gasteiger partial charge >= 0.3 is 0 Å². The summed E-state index contributed by atoms with van der Waals surface area (Å²) in [5, 5.41) is 5.92. The van der Waals surface area contributed by atoms with Gasteiger partial charge in [-0.3, -0.25) is 0 Å². The van der Waals surface area contributed by atoms with Crippen molar-refractivity contribution in [3.8, 4) is 0 Å². The van der Waals surface area contributed by atoms with Gasteiger partial charge < -0.3 is 5.32 Å². The van der Waals surface area contributed by atoms with Crippen LogP contribution in [0, 0.1) is 13.8 Å². The molecule has 2 aromatic heterocycles. The maximum atomic E-state index is 6.01. The van der Waals surface area contributed by atoms with Crippen LogP contribution in [0.25, 0.3) is 0 Å². The first-order valence-electron chi connectivity index (χ1n) is 5.44. The number of aryl methyl sites for hydroxylation is 1. The summed E-state index contributed by atoms with van der Waals surface area (Å²) in [5.41, 5.74) is 0.906. The van der Waals surface area contributed by atoms with Gasteiger partial charge in [-0.25, -0.2) is 9.97 Å². The fraction of sp³-hybridized carbons (Fsp3) is 0.333. The number of hydrogen-bond donors (Lipinski definition) is 1. The fourth-order valence-electron chi connectivity index (χ4n) is 1.53. The molecule has 0 fully saturated rings. The summed E-state index contributed by atoms with van der Waals surface area (Å²) in [6.07, 6.45) is 0.998. The molecular weight excluding hydrogens is 254 g/mol. The molecule has 0 aliphatic heterocycles. The zero-order valence-corrected chi connectivity index (χ0v) is 11.4. The molecule has 0 atom stereocenters. The molecule has 0 amide bonds. The Balaban J connectivity index is 1.99. The molecule has 0 aromatic carbocycles. The Morgan fingerprint density at radius 3 is 2.88 bits per heavy atom. The predicted molar refractivity (Wildman–Crippen MR) is 73.0 cm³/mol. The van der Waals surface area contributed by atoms with Crippen LogP contribution in [-0.2, 0) is 6.42 Å². The first-order chi connectivity index (χ1) is 8.16. The minimum Gasteiger partial charge on any atom is -0.369 e. The number of halogens is 1. The molecule has 0 spiro atoms. The van der Waals surface area contributed by atoms with Gasteiger partial charge in [0, 0.05) is 17.0 Å². The molecule has 5 heteroatoms. The van der Waals surface area contributed by atoms with Crippen LogP contribution in [-0.4, -0.2) is 16.5 Å². The van der Waals surface area contributed by atoms with Crippen molar-refractivity contribution in [2.24, 2.45) is 0 Å². The highest BCUT2D eigenvalue weighted by molar-refractivity contribution is 7.09. The van der Waals surface area contributed by atoms with E-state index < -0.39 is 0 Å². The van der Waals surface area contributed by atoms with Crippen LogP contribution in [0.15, 0.2) is 17.5 Å². The number of anilines is 1. The van der Waals surface area contributed by atoms with Crippen LogP contribution in [0.2, 0.25) is 5.15 Å². The highest BCUT2D eigenvalue weighted by atomic mass is 35.5. The predicted octanol–water partition coefficient (Wildman–Crippen LogP) is 3.46. The van der Waals surface area contributed by atoms with Crippen LogP contribution in [0.5, 0.6) is 0 Å². The van der Waals surface area contributed by atoms with Crippen molar-refractivity contribution in [1.82, 2.24) is 9.97 Å². The number of nitrogens with zero attached hydrogens (tertiary/aromatic N) is 2. The molecule has 2 aromatic rings. The molecule has 90 valence electrons. The maximum Gasteiger partial charge on any atom is 0.137 e. The molecule has 0 bridgehead atoms. The highest BCUT2D eigenvalue weighted by Gasteiger charge is 2.06. The van der Waals surface area contributed by atoms with E-state index in [9.17, 15) is 0 Å². The van der Waals surface area contributed by atoms with Gasteiger partial charge in [-0.05, 0) is 31.7 Å². The molecular formula is C12H14ClN3S. The molecule has 2 rings (SSSR count). The van der Waals surface area contributed by atoms with Crippen LogP contribution in [0.3, 0.4) is 0 Å². The van der Waals surface area contributed by atoms with E-state index in [0.717, 1.165) is 24.3 Å². The third kappa shape index (κ3) is 3.17. The lowest BCUT2D eigenvalue weighted by Gasteiger charge is -2.09. The van der Waals surface area contributed by atoms with E-state index in [1.54, 1.807) is 11.3 Å². The monoisotopic (exact) mass is 267 g/mol. The second kappa shape index (κ2) is 5.47. The topological polar surface area (TPSA) is 37.8 Å². The van der Waals surface area contributed by atoms with Gasteiger partial charge in [0.2, 0.25) is 0 Å². The van der Waals surface area contributed by atoms with Gasteiger partial charge in [0.25, 0.3) is 0 Å². The van der Waals surface area contributed by atoms with Crippen molar-refractivity contribution in [1.29, 1.82) is 0 Å². The molecule has 2 heterocycles. The molecule has 0 aliphatic rings. The lowest BCUT2D eigenvalue weighted by Crippen LogP contribution is -2.08. The lowest BCUT2D eigenvalue weighted by molar-refractivity contribution is 0.980. The van der Waals surface area contributed by atoms with Crippen molar-refractivity contribution in [2.75, 3.05) is 11.9 Å². The van der Waals surface area contributed by atoms with Crippen LogP contribution in [0.1, 0.15) is 16.3 Å². The Bertz CT molecular complexity index is 497. The van der Waals surface area contributed by atoms with Crippen LogP contribution >= 0.6 is 22.9 Å². The first kappa shape index (κ1) is 12.3. The SMILES string of the molecule is Cc1nc(Cl)c(C)c(NCCc2cccs2)n1. The summed E-state index contributed by atoms with van der Waals surface area (Å²) in [5.74, 6) is 1.53. The van der Waals surface area contributed by atoms with Gasteiger partial charge in [-0.2, -0.15) is 0 Å². The van der Waals surface area contributed by atoms with E-state index in [2.05, 4.69) is 32.8 Å². The maximum absolute atomic E-state index is 6.01. The average Bonchev–Trinajstić information content (AvgIpc) is 2.78. The molecule has 1 N–H and O–H groups in total. The minimum absolute atomic E-state index is 0.524. The number of thiophene rings is 1. The van der Waals surface area contributed by atoms with Crippen molar-refractivity contribution in [3.05, 3.63) is 38.9 Å². The smallest absolute Gasteiger partial charge is 0.137 e. The quantitative estimate of drug-likeness (QED) is 0.862. The Kier molecular flexibility index (Phi) is 3.97. The zero-order chi connectivity index (χ0) is 12.3. The van der Waals surface area contributed by atoms with Gasteiger partial charge in [-0.1, -0.05) is 17.7 Å². The van der Waals surface area contributed by atoms with E-state index in [1.807, 2.05) is 13.8 Å². The third-order valence-electron chi connectivity index (χ3n) is 2.44. The molecule has 0 saturated carbocycles. The van der Waals surface area contributed by atoms with E-state index in [1.165, 1.54) is 4.88 Å². The Morgan fingerprint density at radius 2 is 2.18 bits per heavy atom. The lowest BCUT2D eigenvalue weighted by atomic mass is 10.3. The van der Waals surface area contributed by atoms with Gasteiger partial charge in [0.15, 0.2) is 0 Å². The summed E-state index contributed by atoms with van der Waals surface area (Å²) in [6, 6.07) is 4.20. The van der Waals surface area contributed by atoms with Crippen molar-refractivity contribution >= 4 is 28.8 Å².